The Hall–Kier alpha value is -4.28. The van der Waals surface area contributed by atoms with E-state index in [-0.39, 0.29) is 18.0 Å². The summed E-state index contributed by atoms with van der Waals surface area (Å²) in [6.07, 6.45) is 5.98. The molecule has 0 unspecified atom stereocenters. The Balaban J connectivity index is 1.00. The van der Waals surface area contributed by atoms with E-state index in [4.69, 9.17) is 4.74 Å². The second-order valence-corrected chi connectivity index (χ2v) is 10.7. The fourth-order valence-corrected chi connectivity index (χ4v) is 5.13. The van der Waals surface area contributed by atoms with Gasteiger partial charge in [-0.1, -0.05) is 30.3 Å². The van der Waals surface area contributed by atoms with E-state index < -0.39 is 0 Å². The highest BCUT2D eigenvalue weighted by Crippen LogP contribution is 2.23. The van der Waals surface area contributed by atoms with Crippen molar-refractivity contribution in [2.24, 2.45) is 5.92 Å². The predicted octanol–water partition coefficient (Wildman–Crippen LogP) is 3.70. The molecule has 2 aliphatic rings. The smallest absolute Gasteiger partial charge is 0.311 e. The lowest BCUT2D eigenvalue weighted by Crippen LogP contribution is -2.51. The topological polar surface area (TPSA) is 118 Å². The van der Waals surface area contributed by atoms with Gasteiger partial charge in [0.05, 0.1) is 5.92 Å². The van der Waals surface area contributed by atoms with Gasteiger partial charge in [0.15, 0.2) is 5.82 Å². The lowest BCUT2D eigenvalue weighted by atomic mass is 9.98. The third-order valence-corrected chi connectivity index (χ3v) is 7.39. The number of piperidine rings is 1. The van der Waals surface area contributed by atoms with Crippen molar-refractivity contribution in [2.75, 3.05) is 31.5 Å². The van der Waals surface area contributed by atoms with Crippen molar-refractivity contribution in [3.63, 3.8) is 0 Å². The molecule has 0 amide bonds. The number of ether oxygens (including phenoxy) is 1. The largest absolute Gasteiger partial charge is 0.462 e. The maximum atomic E-state index is 12.4. The summed E-state index contributed by atoms with van der Waals surface area (Å²) in [4.78, 5) is 37.3. The van der Waals surface area contributed by atoms with E-state index in [0.717, 1.165) is 68.3 Å². The summed E-state index contributed by atoms with van der Waals surface area (Å²) in [6.45, 7) is 6.14. The van der Waals surface area contributed by atoms with Gasteiger partial charge >= 0.3 is 5.97 Å². The average Bonchev–Trinajstić information content (AvgIpc) is 2.96. The summed E-state index contributed by atoms with van der Waals surface area (Å²) in [6, 6.07) is 17.9. The van der Waals surface area contributed by atoms with Gasteiger partial charge in [-0.3, -0.25) is 9.69 Å². The molecule has 0 aliphatic carbocycles. The minimum absolute atomic E-state index is 0.00432. The molecule has 4 aromatic rings. The van der Waals surface area contributed by atoms with Crippen LogP contribution in [0.15, 0.2) is 67.0 Å². The Morgan fingerprint density at radius 3 is 2.44 bits per heavy atom. The number of likely N-dealkylation sites (tertiary alicyclic amines) is 1. The number of carbonyl (C=O) groups excluding carboxylic acids is 1. The highest BCUT2D eigenvalue weighted by atomic mass is 16.5. The van der Waals surface area contributed by atoms with Gasteiger partial charge < -0.3 is 15.4 Å². The van der Waals surface area contributed by atoms with Crippen LogP contribution in [-0.4, -0.2) is 68.1 Å². The molecule has 10 heteroatoms. The second kappa shape index (κ2) is 12.5. The Kier molecular flexibility index (Phi) is 8.20. The van der Waals surface area contributed by atoms with Crippen LogP contribution >= 0.6 is 0 Å². The zero-order valence-electron chi connectivity index (χ0n) is 23.2. The van der Waals surface area contributed by atoms with E-state index in [1.54, 1.807) is 18.5 Å². The number of nitrogens with zero attached hydrogens (tertiary/aromatic N) is 6. The number of nitrogens with one attached hydrogen (secondary N) is 2. The molecule has 0 saturated carbocycles. The second-order valence-electron chi connectivity index (χ2n) is 10.7. The monoisotopic (exact) mass is 550 g/mol. The van der Waals surface area contributed by atoms with Gasteiger partial charge in [0.1, 0.15) is 29.3 Å². The van der Waals surface area contributed by atoms with Crippen LogP contribution in [0, 0.1) is 12.8 Å². The van der Waals surface area contributed by atoms with Crippen molar-refractivity contribution in [2.45, 2.75) is 38.8 Å². The van der Waals surface area contributed by atoms with E-state index in [1.165, 1.54) is 5.56 Å². The van der Waals surface area contributed by atoms with Crippen molar-refractivity contribution in [1.29, 1.82) is 0 Å². The number of aryl methyl sites for hydroxylation is 1. The van der Waals surface area contributed by atoms with Gasteiger partial charge in [-0.2, -0.15) is 0 Å². The summed E-state index contributed by atoms with van der Waals surface area (Å²) in [5, 5.41) is 6.56. The Bertz CT molecular complexity index is 1480. The summed E-state index contributed by atoms with van der Waals surface area (Å²) >= 11 is 0. The third-order valence-electron chi connectivity index (χ3n) is 7.39. The first-order valence-electron chi connectivity index (χ1n) is 14.1. The molecule has 2 fully saturated rings. The molecule has 0 spiro atoms. The maximum Gasteiger partial charge on any atom is 0.311 e. The van der Waals surface area contributed by atoms with Crippen molar-refractivity contribution >= 4 is 17.6 Å². The van der Waals surface area contributed by atoms with Gasteiger partial charge in [0.25, 0.3) is 0 Å². The van der Waals surface area contributed by atoms with Crippen LogP contribution in [0.1, 0.15) is 35.5 Å². The number of rotatable bonds is 9. The van der Waals surface area contributed by atoms with Crippen LogP contribution in [-0.2, 0) is 22.5 Å². The fourth-order valence-electron chi connectivity index (χ4n) is 5.13. The third kappa shape index (κ3) is 7.08. The zero-order valence-corrected chi connectivity index (χ0v) is 23.2. The van der Waals surface area contributed by atoms with Crippen LogP contribution in [0.4, 0.5) is 11.6 Å². The first-order chi connectivity index (χ1) is 20.1. The Labute approximate surface area is 239 Å². The van der Waals surface area contributed by atoms with E-state index >= 15 is 0 Å². The summed E-state index contributed by atoms with van der Waals surface area (Å²) < 4.78 is 5.70. The lowest BCUT2D eigenvalue weighted by molar-refractivity contribution is -0.161. The quantitative estimate of drug-likeness (QED) is 0.299. The Morgan fingerprint density at radius 2 is 1.66 bits per heavy atom. The molecule has 2 aliphatic heterocycles. The number of esters is 1. The van der Waals surface area contributed by atoms with Crippen LogP contribution in [0.25, 0.3) is 11.5 Å². The summed E-state index contributed by atoms with van der Waals surface area (Å²) in [5.74, 6) is 2.53. The van der Waals surface area contributed by atoms with Crippen LogP contribution in [0.2, 0.25) is 0 Å². The summed E-state index contributed by atoms with van der Waals surface area (Å²) in [5.41, 5.74) is 3.99. The number of hydrogen-bond acceptors (Lipinski definition) is 10. The van der Waals surface area contributed by atoms with Gasteiger partial charge in [-0.15, -0.1) is 0 Å². The zero-order chi connectivity index (χ0) is 28.0. The van der Waals surface area contributed by atoms with E-state index in [2.05, 4.69) is 64.7 Å². The van der Waals surface area contributed by atoms with Gasteiger partial charge in [0, 0.05) is 44.1 Å². The molecule has 0 radical (unpaired) electrons. The summed E-state index contributed by atoms with van der Waals surface area (Å²) in [7, 11) is 0. The first kappa shape index (κ1) is 26.9. The molecule has 2 saturated heterocycles. The van der Waals surface area contributed by atoms with Gasteiger partial charge in [0.2, 0.25) is 0 Å². The molecule has 210 valence electrons. The normalized spacial score (nSPS) is 16.2. The minimum atomic E-state index is -0.0383. The van der Waals surface area contributed by atoms with Gasteiger partial charge in [-0.25, -0.2) is 24.9 Å². The molecule has 41 heavy (non-hydrogen) atoms. The van der Waals surface area contributed by atoms with Crippen molar-refractivity contribution in [3.8, 4) is 11.5 Å². The molecule has 1 aromatic carbocycles. The fraction of sp³-hybridized carbons (Fsp3) is 0.355. The average molecular weight is 551 g/mol. The lowest BCUT2D eigenvalue weighted by Gasteiger charge is -2.38. The molecule has 3 aromatic heterocycles. The van der Waals surface area contributed by atoms with Crippen LogP contribution < -0.4 is 10.6 Å². The number of carbonyl (C=O) groups is 1. The molecule has 5 heterocycles. The van der Waals surface area contributed by atoms with Crippen molar-refractivity contribution in [3.05, 3.63) is 89.6 Å². The number of aromatic nitrogens is 5. The first-order valence-corrected chi connectivity index (χ1v) is 14.1. The molecule has 10 nitrogen and oxygen atoms in total. The van der Waals surface area contributed by atoms with Crippen molar-refractivity contribution < 1.29 is 9.53 Å². The number of pyridine rings is 1. The molecule has 6 rings (SSSR count). The van der Waals surface area contributed by atoms with E-state index in [1.807, 2.05) is 31.2 Å². The van der Waals surface area contributed by atoms with Crippen LogP contribution in [0.5, 0.6) is 0 Å². The molecular formula is C31H34N8O2. The predicted molar refractivity (Wildman–Crippen MR) is 155 cm³/mol. The van der Waals surface area contributed by atoms with Crippen LogP contribution in [0.3, 0.4) is 0 Å². The van der Waals surface area contributed by atoms with E-state index in [0.29, 0.717) is 23.9 Å². The Morgan fingerprint density at radius 1 is 0.927 bits per heavy atom. The number of hydrogen-bond donors (Lipinski definition) is 2. The highest BCUT2D eigenvalue weighted by molar-refractivity contribution is 5.74. The molecule has 0 bridgehead atoms. The van der Waals surface area contributed by atoms with Gasteiger partial charge in [-0.05, 0) is 68.2 Å². The molecule has 2 N–H and O–H groups in total. The SMILES string of the molecule is Cc1cccc(-c2nccc(Nc3ccnc(Cc4ccc(CN5CC(C(=O)OC6CCNCC6)C5)cc4)n3)n2)n1. The van der Waals surface area contributed by atoms with E-state index in [9.17, 15) is 4.79 Å². The molecule has 0 atom stereocenters. The minimum Gasteiger partial charge on any atom is -0.462 e. The number of anilines is 2. The highest BCUT2D eigenvalue weighted by Gasteiger charge is 2.35. The number of benzene rings is 1. The maximum absolute atomic E-state index is 12.4. The standard InChI is InChI=1S/C31H34N8O2/c1-21-3-2-4-26(35-21)30-34-16-12-28(38-30)36-27-11-15-33-29(37-27)17-22-5-7-23(8-6-22)18-39-19-24(20-39)31(40)41-25-9-13-32-14-10-25/h2-8,11-12,15-16,24-25,32H,9-10,13-14,17-20H2,1H3,(H,33,34,36,37,38). The van der Waals surface area contributed by atoms with Crippen molar-refractivity contribution in [1.82, 2.24) is 35.1 Å². The molecular weight excluding hydrogens is 516 g/mol.